The first kappa shape index (κ1) is 24.6. The first-order valence-electron chi connectivity index (χ1n) is 12.6. The number of aromatic nitrogens is 1. The summed E-state index contributed by atoms with van der Waals surface area (Å²) in [4.78, 5) is 16.7. The van der Waals surface area contributed by atoms with E-state index in [9.17, 15) is 4.79 Å². The molecule has 192 valence electrons. The second kappa shape index (κ2) is 10.9. The Kier molecular flexibility index (Phi) is 7.21. The maximum absolute atomic E-state index is 13.3. The highest BCUT2D eigenvalue weighted by molar-refractivity contribution is 5.88. The van der Waals surface area contributed by atoms with Crippen molar-refractivity contribution in [2.24, 2.45) is 0 Å². The molecule has 1 atom stereocenters. The Balaban J connectivity index is 1.38. The molecule has 0 aliphatic carbocycles. The minimum Gasteiger partial charge on any atom is -0.493 e. The van der Waals surface area contributed by atoms with Gasteiger partial charge in [-0.15, -0.1) is 0 Å². The minimum absolute atomic E-state index is 0.0250. The molecule has 0 unspecified atom stereocenters. The lowest BCUT2D eigenvalue weighted by Gasteiger charge is -2.19. The van der Waals surface area contributed by atoms with Crippen LogP contribution in [-0.4, -0.2) is 38.4 Å². The third-order valence-corrected chi connectivity index (χ3v) is 6.97. The van der Waals surface area contributed by atoms with Crippen molar-refractivity contribution >= 4 is 16.8 Å². The number of hydrogen-bond donors (Lipinski definition) is 2. The number of fused-ring (bicyclic) bond motifs is 2. The van der Waals surface area contributed by atoms with Crippen LogP contribution in [0.3, 0.4) is 0 Å². The van der Waals surface area contributed by atoms with E-state index in [1.165, 1.54) is 5.56 Å². The van der Waals surface area contributed by atoms with Gasteiger partial charge in [-0.25, -0.2) is 0 Å². The van der Waals surface area contributed by atoms with Crippen LogP contribution in [0.5, 0.6) is 23.0 Å². The number of hydrogen-bond acceptors (Lipinski definition) is 5. The van der Waals surface area contributed by atoms with Gasteiger partial charge in [0.1, 0.15) is 0 Å². The number of aryl methyl sites for hydroxylation is 1. The van der Waals surface area contributed by atoms with E-state index in [4.69, 9.17) is 18.9 Å². The Morgan fingerprint density at radius 1 is 1.03 bits per heavy atom. The number of methoxy groups -OCH3 is 2. The van der Waals surface area contributed by atoms with Crippen LogP contribution < -0.4 is 24.3 Å². The number of aromatic amines is 1. The number of carbonyl (C=O) groups is 1. The van der Waals surface area contributed by atoms with Crippen LogP contribution in [0.4, 0.5) is 0 Å². The number of H-pyrrole nitrogens is 1. The molecule has 4 aromatic rings. The number of para-hydroxylation sites is 2. The highest BCUT2D eigenvalue weighted by Gasteiger charge is 2.28. The third-order valence-electron chi connectivity index (χ3n) is 6.97. The summed E-state index contributed by atoms with van der Waals surface area (Å²) in [5.74, 6) is 2.57. The summed E-state index contributed by atoms with van der Waals surface area (Å²) < 4.78 is 22.2. The number of rotatable bonds is 10. The molecule has 1 aromatic heterocycles. The molecule has 37 heavy (non-hydrogen) atoms. The van der Waals surface area contributed by atoms with Gasteiger partial charge in [-0.3, -0.25) is 4.79 Å². The van der Waals surface area contributed by atoms with E-state index in [1.54, 1.807) is 14.2 Å². The van der Waals surface area contributed by atoms with E-state index in [-0.39, 0.29) is 25.0 Å². The average molecular weight is 501 g/mol. The van der Waals surface area contributed by atoms with Crippen LogP contribution in [0, 0.1) is 0 Å². The number of benzene rings is 3. The average Bonchev–Trinajstić information content (AvgIpc) is 3.59. The molecular weight excluding hydrogens is 468 g/mol. The maximum Gasteiger partial charge on any atom is 0.231 e. The predicted octanol–water partition coefficient (Wildman–Crippen LogP) is 5.36. The van der Waals surface area contributed by atoms with Gasteiger partial charge in [0.2, 0.25) is 12.7 Å². The van der Waals surface area contributed by atoms with Gasteiger partial charge in [-0.2, -0.15) is 0 Å². The van der Waals surface area contributed by atoms with Gasteiger partial charge < -0.3 is 29.2 Å². The highest BCUT2D eigenvalue weighted by atomic mass is 16.7. The summed E-state index contributed by atoms with van der Waals surface area (Å²) in [7, 11) is 3.23. The van der Waals surface area contributed by atoms with E-state index < -0.39 is 0 Å². The van der Waals surface area contributed by atoms with Crippen molar-refractivity contribution in [1.82, 2.24) is 10.3 Å². The summed E-state index contributed by atoms with van der Waals surface area (Å²) in [6.07, 6.45) is 3.92. The van der Waals surface area contributed by atoms with E-state index >= 15 is 0 Å². The molecule has 7 heteroatoms. The Bertz CT molecular complexity index is 1410. The van der Waals surface area contributed by atoms with Crippen molar-refractivity contribution < 1.29 is 23.7 Å². The maximum atomic E-state index is 13.3. The molecule has 1 aliphatic heterocycles. The lowest BCUT2D eigenvalue weighted by atomic mass is 9.86. The monoisotopic (exact) mass is 500 g/mol. The molecule has 2 heterocycles. The summed E-state index contributed by atoms with van der Waals surface area (Å²) in [5, 5.41) is 4.23. The van der Waals surface area contributed by atoms with Gasteiger partial charge in [-0.05, 0) is 47.7 Å². The van der Waals surface area contributed by atoms with Crippen molar-refractivity contribution in [1.29, 1.82) is 0 Å². The Labute approximate surface area is 216 Å². The van der Waals surface area contributed by atoms with Gasteiger partial charge in [0.25, 0.3) is 0 Å². The van der Waals surface area contributed by atoms with E-state index in [2.05, 4.69) is 35.4 Å². The summed E-state index contributed by atoms with van der Waals surface area (Å²) in [6, 6.07) is 18.0. The van der Waals surface area contributed by atoms with Gasteiger partial charge in [0, 0.05) is 41.5 Å². The Morgan fingerprint density at radius 3 is 2.68 bits per heavy atom. The zero-order valence-electron chi connectivity index (χ0n) is 21.4. The highest BCUT2D eigenvalue weighted by Crippen LogP contribution is 2.44. The molecule has 0 spiro atoms. The molecule has 0 saturated carbocycles. The zero-order valence-corrected chi connectivity index (χ0v) is 21.4. The van der Waals surface area contributed by atoms with Crippen LogP contribution in [-0.2, 0) is 17.6 Å². The standard InChI is InChI=1S/C30H32N2O5/c1-4-20-7-5-8-21-24(17-32-29(20)21)23(22-9-6-10-26-30(22)37-18-36-26)16-28(33)31-14-13-19-11-12-25(34-2)27(15-19)35-3/h5-12,15,17,23,32H,4,13-14,16,18H2,1-3H3,(H,31,33)/t23-/m0/s1. The molecular formula is C30H32N2O5. The van der Waals surface area contributed by atoms with E-state index in [0.29, 0.717) is 36.0 Å². The van der Waals surface area contributed by atoms with Crippen LogP contribution in [0.25, 0.3) is 10.9 Å². The second-order valence-electron chi connectivity index (χ2n) is 9.06. The molecule has 1 aliphatic rings. The van der Waals surface area contributed by atoms with Gasteiger partial charge in [0.15, 0.2) is 23.0 Å². The number of carbonyl (C=O) groups excluding carboxylic acids is 1. The third kappa shape index (κ3) is 4.94. The fraction of sp³-hybridized carbons (Fsp3) is 0.300. The summed E-state index contributed by atoms with van der Waals surface area (Å²) in [6.45, 7) is 2.85. The summed E-state index contributed by atoms with van der Waals surface area (Å²) in [5.41, 5.74) is 5.45. The van der Waals surface area contributed by atoms with Crippen molar-refractivity contribution in [3.05, 3.63) is 83.0 Å². The van der Waals surface area contributed by atoms with Crippen LogP contribution in [0.2, 0.25) is 0 Å². The second-order valence-corrected chi connectivity index (χ2v) is 9.06. The quantitative estimate of drug-likeness (QED) is 0.307. The van der Waals surface area contributed by atoms with Crippen molar-refractivity contribution in [2.75, 3.05) is 27.6 Å². The first-order valence-corrected chi connectivity index (χ1v) is 12.6. The zero-order chi connectivity index (χ0) is 25.8. The fourth-order valence-corrected chi connectivity index (χ4v) is 5.08. The van der Waals surface area contributed by atoms with Crippen molar-refractivity contribution in [3.63, 3.8) is 0 Å². The van der Waals surface area contributed by atoms with Crippen molar-refractivity contribution in [2.45, 2.75) is 32.1 Å². The van der Waals surface area contributed by atoms with Crippen LogP contribution >= 0.6 is 0 Å². The normalized spacial score (nSPS) is 12.9. The van der Waals surface area contributed by atoms with E-state index in [0.717, 1.165) is 34.0 Å². The Hall–Kier alpha value is -4.13. The molecule has 0 radical (unpaired) electrons. The van der Waals surface area contributed by atoms with E-state index in [1.807, 2.05) is 42.6 Å². The van der Waals surface area contributed by atoms with Gasteiger partial charge in [0.05, 0.1) is 14.2 Å². The molecule has 5 rings (SSSR count). The van der Waals surface area contributed by atoms with Gasteiger partial charge >= 0.3 is 0 Å². The summed E-state index contributed by atoms with van der Waals surface area (Å²) >= 11 is 0. The SMILES string of the molecule is CCc1cccc2c([C@@H](CC(=O)NCCc3ccc(OC)c(OC)c3)c3cccc4c3OCO4)c[nH]c12. The van der Waals surface area contributed by atoms with Crippen LogP contribution in [0.15, 0.2) is 60.8 Å². The lowest BCUT2D eigenvalue weighted by Crippen LogP contribution is -2.27. The molecule has 0 bridgehead atoms. The molecule has 2 N–H and O–H groups in total. The number of ether oxygens (including phenoxy) is 4. The fourth-order valence-electron chi connectivity index (χ4n) is 5.08. The predicted molar refractivity (Wildman–Crippen MR) is 143 cm³/mol. The van der Waals surface area contributed by atoms with Gasteiger partial charge in [-0.1, -0.05) is 43.3 Å². The minimum atomic E-state index is -0.196. The molecule has 0 fully saturated rings. The number of nitrogens with one attached hydrogen (secondary N) is 2. The largest absolute Gasteiger partial charge is 0.493 e. The number of amides is 1. The lowest BCUT2D eigenvalue weighted by molar-refractivity contribution is -0.121. The first-order chi connectivity index (χ1) is 18.1. The molecule has 7 nitrogen and oxygen atoms in total. The molecule has 0 saturated heterocycles. The Morgan fingerprint density at radius 2 is 1.86 bits per heavy atom. The molecule has 3 aromatic carbocycles. The van der Waals surface area contributed by atoms with Crippen molar-refractivity contribution in [3.8, 4) is 23.0 Å². The smallest absolute Gasteiger partial charge is 0.231 e. The molecule has 1 amide bonds. The topological polar surface area (TPSA) is 81.8 Å². The van der Waals surface area contributed by atoms with Crippen LogP contribution in [0.1, 0.15) is 41.5 Å².